The molecular weight excluding hydrogens is 438 g/mol. The molecule has 0 spiro atoms. The summed E-state index contributed by atoms with van der Waals surface area (Å²) in [5.74, 6) is -0.896. The van der Waals surface area contributed by atoms with E-state index in [1.165, 1.54) is 0 Å². The quantitative estimate of drug-likeness (QED) is 0.499. The number of nitrogens with one attached hydrogen (secondary N) is 2. The second kappa shape index (κ2) is 9.46. The Balaban J connectivity index is 1.50. The minimum Gasteiger partial charge on any atom is -0.324 e. The topological polar surface area (TPSA) is 78.5 Å². The summed E-state index contributed by atoms with van der Waals surface area (Å²) in [6.07, 6.45) is 0.993. The number of para-hydroxylation sites is 1. The van der Waals surface area contributed by atoms with Crippen molar-refractivity contribution in [2.24, 2.45) is 0 Å². The summed E-state index contributed by atoms with van der Waals surface area (Å²) >= 11 is 5.97. The number of carbonyl (C=O) groups is 3. The molecule has 1 heterocycles. The van der Waals surface area contributed by atoms with Crippen LogP contribution in [0.3, 0.4) is 0 Å². The van der Waals surface area contributed by atoms with Crippen molar-refractivity contribution < 1.29 is 14.4 Å². The zero-order valence-corrected chi connectivity index (χ0v) is 18.9. The first-order valence-electron chi connectivity index (χ1n) is 10.7. The van der Waals surface area contributed by atoms with E-state index in [0.29, 0.717) is 29.1 Å². The molecule has 4 rings (SSSR count). The van der Waals surface area contributed by atoms with Crippen LogP contribution in [0.1, 0.15) is 30.0 Å². The van der Waals surface area contributed by atoms with E-state index < -0.39 is 23.4 Å². The van der Waals surface area contributed by atoms with Crippen LogP contribution < -0.4 is 10.6 Å². The van der Waals surface area contributed by atoms with Crippen LogP contribution in [0, 0.1) is 0 Å². The van der Waals surface area contributed by atoms with Crippen molar-refractivity contribution >= 4 is 35.1 Å². The molecule has 3 aromatic rings. The van der Waals surface area contributed by atoms with Crippen molar-refractivity contribution in [3.8, 4) is 0 Å². The minimum absolute atomic E-state index is 0.344. The number of amides is 4. The van der Waals surface area contributed by atoms with Gasteiger partial charge < -0.3 is 10.6 Å². The van der Waals surface area contributed by atoms with Crippen LogP contribution in [-0.4, -0.2) is 29.3 Å². The normalized spacial score (nSPS) is 17.7. The molecule has 168 valence electrons. The van der Waals surface area contributed by atoms with Crippen LogP contribution in [-0.2, 0) is 21.5 Å². The van der Waals surface area contributed by atoms with Gasteiger partial charge in [-0.2, -0.15) is 0 Å². The highest BCUT2D eigenvalue weighted by Gasteiger charge is 2.51. The fourth-order valence-corrected chi connectivity index (χ4v) is 4.22. The van der Waals surface area contributed by atoms with Crippen molar-refractivity contribution in [2.45, 2.75) is 25.3 Å². The molecule has 1 saturated heterocycles. The summed E-state index contributed by atoms with van der Waals surface area (Å²) in [5.41, 5.74) is 2.12. The lowest BCUT2D eigenvalue weighted by Gasteiger charge is -2.25. The third-order valence-corrected chi connectivity index (χ3v) is 6.13. The number of urea groups is 1. The van der Waals surface area contributed by atoms with E-state index >= 15 is 0 Å². The van der Waals surface area contributed by atoms with Gasteiger partial charge in [0, 0.05) is 10.7 Å². The van der Waals surface area contributed by atoms with Gasteiger partial charge in [-0.05, 0) is 47.7 Å². The van der Waals surface area contributed by atoms with Gasteiger partial charge in [0.1, 0.15) is 12.1 Å². The second-order valence-electron chi connectivity index (χ2n) is 7.95. The van der Waals surface area contributed by atoms with Crippen molar-refractivity contribution in [1.29, 1.82) is 0 Å². The molecule has 4 amide bonds. The molecule has 1 unspecified atom stereocenters. The first-order chi connectivity index (χ1) is 15.9. The molecule has 3 aromatic carbocycles. The molecule has 0 aromatic heterocycles. The zero-order chi connectivity index (χ0) is 23.4. The highest BCUT2D eigenvalue weighted by Crippen LogP contribution is 2.33. The van der Waals surface area contributed by atoms with E-state index in [1.807, 2.05) is 61.5 Å². The first kappa shape index (κ1) is 22.6. The van der Waals surface area contributed by atoms with Crippen molar-refractivity contribution in [2.75, 3.05) is 11.9 Å². The SMILES string of the molecule is CCC1(c2ccc(Cl)cc2)NC(=O)N(CC(=O)Nc2ccccc2Cc2ccccc2)C1=O. The molecule has 1 aliphatic rings. The number of imide groups is 1. The molecule has 1 aliphatic heterocycles. The van der Waals surface area contributed by atoms with Gasteiger partial charge in [0.2, 0.25) is 5.91 Å². The van der Waals surface area contributed by atoms with Crippen molar-refractivity contribution in [3.05, 3.63) is 101 Å². The van der Waals surface area contributed by atoms with E-state index in [9.17, 15) is 14.4 Å². The van der Waals surface area contributed by atoms with Crippen LogP contribution in [0.2, 0.25) is 5.02 Å². The molecule has 0 radical (unpaired) electrons. The monoisotopic (exact) mass is 461 g/mol. The van der Waals surface area contributed by atoms with Crippen LogP contribution in [0.4, 0.5) is 10.5 Å². The number of anilines is 1. The van der Waals surface area contributed by atoms with E-state index in [4.69, 9.17) is 11.6 Å². The summed E-state index contributed by atoms with van der Waals surface area (Å²) in [6.45, 7) is 1.44. The Morgan fingerprint density at radius 3 is 2.33 bits per heavy atom. The number of hydrogen-bond donors (Lipinski definition) is 2. The standard InChI is InChI=1S/C26H24ClN3O3/c1-2-26(20-12-14-21(27)15-13-20)24(32)30(25(33)29-26)17-23(31)28-22-11-7-6-10-19(22)16-18-8-4-3-5-9-18/h3-15H,2,16-17H2,1H3,(H,28,31)(H,29,33). The van der Waals surface area contributed by atoms with Gasteiger partial charge in [0.05, 0.1) is 0 Å². The molecule has 0 bridgehead atoms. The predicted molar refractivity (Wildman–Crippen MR) is 128 cm³/mol. The van der Waals surface area contributed by atoms with E-state index in [-0.39, 0.29) is 6.54 Å². The Labute approximate surface area is 197 Å². The number of benzene rings is 3. The first-order valence-corrected chi connectivity index (χ1v) is 11.1. The Hall–Kier alpha value is -3.64. The number of nitrogens with zero attached hydrogens (tertiary/aromatic N) is 1. The van der Waals surface area contributed by atoms with Gasteiger partial charge in [-0.3, -0.25) is 14.5 Å². The maximum absolute atomic E-state index is 13.3. The van der Waals surface area contributed by atoms with Crippen LogP contribution in [0.25, 0.3) is 0 Å². The van der Waals surface area contributed by atoms with E-state index in [1.54, 1.807) is 24.3 Å². The smallest absolute Gasteiger partial charge is 0.324 e. The van der Waals surface area contributed by atoms with Gasteiger partial charge >= 0.3 is 6.03 Å². The molecule has 7 heteroatoms. The summed E-state index contributed by atoms with van der Waals surface area (Å²) in [7, 11) is 0. The number of hydrogen-bond acceptors (Lipinski definition) is 3. The Morgan fingerprint density at radius 1 is 0.970 bits per heavy atom. The van der Waals surface area contributed by atoms with Gasteiger partial charge in [0.15, 0.2) is 0 Å². The average Bonchev–Trinajstić information content (AvgIpc) is 3.06. The molecule has 1 atom stereocenters. The fourth-order valence-electron chi connectivity index (χ4n) is 4.09. The summed E-state index contributed by atoms with van der Waals surface area (Å²) in [4.78, 5) is 39.8. The third-order valence-electron chi connectivity index (χ3n) is 5.87. The molecule has 6 nitrogen and oxygen atoms in total. The van der Waals surface area contributed by atoms with Crippen LogP contribution >= 0.6 is 11.6 Å². The van der Waals surface area contributed by atoms with Crippen LogP contribution in [0.15, 0.2) is 78.9 Å². The molecule has 0 saturated carbocycles. The van der Waals surface area contributed by atoms with E-state index in [0.717, 1.165) is 16.0 Å². The Morgan fingerprint density at radius 2 is 1.64 bits per heavy atom. The van der Waals surface area contributed by atoms with Crippen molar-refractivity contribution in [1.82, 2.24) is 10.2 Å². The predicted octanol–water partition coefficient (Wildman–Crippen LogP) is 4.73. The lowest BCUT2D eigenvalue weighted by Crippen LogP contribution is -2.44. The molecule has 33 heavy (non-hydrogen) atoms. The van der Waals surface area contributed by atoms with E-state index in [2.05, 4.69) is 10.6 Å². The Kier molecular flexibility index (Phi) is 6.47. The molecule has 2 N–H and O–H groups in total. The molecular formula is C26H24ClN3O3. The van der Waals surface area contributed by atoms with Crippen LogP contribution in [0.5, 0.6) is 0 Å². The van der Waals surface area contributed by atoms with Gasteiger partial charge in [0.25, 0.3) is 5.91 Å². The lowest BCUT2D eigenvalue weighted by molar-refractivity contribution is -0.134. The third kappa shape index (κ3) is 4.61. The van der Waals surface area contributed by atoms with Gasteiger partial charge in [-0.25, -0.2) is 4.79 Å². The van der Waals surface area contributed by atoms with Crippen molar-refractivity contribution in [3.63, 3.8) is 0 Å². The maximum Gasteiger partial charge on any atom is 0.325 e. The maximum atomic E-state index is 13.3. The largest absolute Gasteiger partial charge is 0.325 e. The molecule has 1 fully saturated rings. The highest BCUT2D eigenvalue weighted by atomic mass is 35.5. The minimum atomic E-state index is -1.22. The number of carbonyl (C=O) groups excluding carboxylic acids is 3. The highest BCUT2D eigenvalue weighted by molar-refractivity contribution is 6.30. The fraction of sp³-hybridized carbons (Fsp3) is 0.192. The van der Waals surface area contributed by atoms with Gasteiger partial charge in [-0.15, -0.1) is 0 Å². The van der Waals surface area contributed by atoms with Gasteiger partial charge in [-0.1, -0.05) is 79.2 Å². The Bertz CT molecular complexity index is 1180. The summed E-state index contributed by atoms with van der Waals surface area (Å²) < 4.78 is 0. The lowest BCUT2D eigenvalue weighted by atomic mass is 9.87. The number of halogens is 1. The average molecular weight is 462 g/mol. The number of rotatable bonds is 7. The second-order valence-corrected chi connectivity index (χ2v) is 8.39. The summed E-state index contributed by atoms with van der Waals surface area (Å²) in [6, 6.07) is 23.6. The summed E-state index contributed by atoms with van der Waals surface area (Å²) in [5, 5.41) is 6.18. The zero-order valence-electron chi connectivity index (χ0n) is 18.2. The molecule has 0 aliphatic carbocycles.